The van der Waals surface area contributed by atoms with E-state index in [1.165, 1.54) is 44.8 Å². The molecule has 2 rings (SSSR count). The Labute approximate surface area is 144 Å². The molecule has 24 heavy (non-hydrogen) atoms. The fraction of sp³-hybridized carbons (Fsp3) is 0.294. The van der Waals surface area contributed by atoms with Gasteiger partial charge >= 0.3 is 5.97 Å². The minimum atomic E-state index is -0.579. The fourth-order valence-corrected chi connectivity index (χ4v) is 3.23. The summed E-state index contributed by atoms with van der Waals surface area (Å²) in [5.41, 5.74) is 1.06. The molecule has 0 unspecified atom stereocenters. The lowest BCUT2D eigenvalue weighted by Gasteiger charge is -2.14. The zero-order chi connectivity index (χ0) is 17.9. The van der Waals surface area contributed by atoms with Crippen molar-refractivity contribution in [3.63, 3.8) is 0 Å². The summed E-state index contributed by atoms with van der Waals surface area (Å²) in [6, 6.07) is 4.83. The summed E-state index contributed by atoms with van der Waals surface area (Å²) in [6.07, 6.45) is 0. The lowest BCUT2D eigenvalue weighted by atomic mass is 10.1. The van der Waals surface area contributed by atoms with Crippen LogP contribution in [-0.2, 0) is 4.74 Å². The van der Waals surface area contributed by atoms with Crippen molar-refractivity contribution in [2.24, 2.45) is 0 Å². The molecule has 0 fully saturated rings. The second kappa shape index (κ2) is 7.35. The van der Waals surface area contributed by atoms with Gasteiger partial charge in [0.1, 0.15) is 0 Å². The molecule has 0 radical (unpaired) electrons. The first-order chi connectivity index (χ1) is 11.4. The Balaban J connectivity index is 2.45. The standard InChI is InChI=1S/C17H19NO5S/c1-9-6-11(10(2)24-9)16(19)18-13-8-15(22-4)14(21-3)7-12(13)17(20)23-5/h6-8H,1-5H3,(H,18,19). The number of nitrogens with one attached hydrogen (secondary N) is 1. The molecule has 0 atom stereocenters. The lowest BCUT2D eigenvalue weighted by molar-refractivity contribution is 0.0601. The van der Waals surface area contributed by atoms with Gasteiger partial charge in [0.05, 0.1) is 38.1 Å². The van der Waals surface area contributed by atoms with Gasteiger partial charge in [-0.05, 0) is 19.9 Å². The maximum Gasteiger partial charge on any atom is 0.340 e. The molecule has 0 saturated carbocycles. The van der Waals surface area contributed by atoms with Crippen LogP contribution in [0.4, 0.5) is 5.69 Å². The van der Waals surface area contributed by atoms with Crippen molar-refractivity contribution in [3.05, 3.63) is 39.1 Å². The first kappa shape index (κ1) is 17.8. The molecule has 0 aliphatic heterocycles. The van der Waals surface area contributed by atoms with Gasteiger partial charge in [0.15, 0.2) is 11.5 Å². The third kappa shape index (κ3) is 3.51. The predicted octanol–water partition coefficient (Wildman–Crippen LogP) is 3.42. The van der Waals surface area contributed by atoms with Crippen molar-refractivity contribution in [1.82, 2.24) is 0 Å². The molecule has 128 valence electrons. The molecule has 2 aromatic rings. The number of rotatable bonds is 5. The normalized spacial score (nSPS) is 10.2. The number of carbonyl (C=O) groups excluding carboxylic acids is 2. The van der Waals surface area contributed by atoms with E-state index in [9.17, 15) is 9.59 Å². The minimum Gasteiger partial charge on any atom is -0.493 e. The van der Waals surface area contributed by atoms with Gasteiger partial charge in [0, 0.05) is 21.9 Å². The number of amides is 1. The summed E-state index contributed by atoms with van der Waals surface area (Å²) >= 11 is 1.54. The Bertz CT molecular complexity index is 782. The molecular weight excluding hydrogens is 330 g/mol. The molecule has 0 aliphatic carbocycles. The van der Waals surface area contributed by atoms with Gasteiger partial charge < -0.3 is 19.5 Å². The van der Waals surface area contributed by atoms with Crippen LogP contribution < -0.4 is 14.8 Å². The third-order valence-corrected chi connectivity index (χ3v) is 4.43. The second-order valence-electron chi connectivity index (χ2n) is 5.03. The Hall–Kier alpha value is -2.54. The van der Waals surface area contributed by atoms with Crippen molar-refractivity contribution in [1.29, 1.82) is 0 Å². The van der Waals surface area contributed by atoms with E-state index in [0.29, 0.717) is 22.7 Å². The number of ether oxygens (including phenoxy) is 3. The molecule has 1 aromatic heterocycles. The van der Waals surface area contributed by atoms with Gasteiger partial charge in [-0.3, -0.25) is 4.79 Å². The molecule has 1 heterocycles. The van der Waals surface area contributed by atoms with Crippen molar-refractivity contribution >= 4 is 28.9 Å². The number of anilines is 1. The van der Waals surface area contributed by atoms with Gasteiger partial charge in [0.2, 0.25) is 0 Å². The molecule has 0 saturated heterocycles. The van der Waals surface area contributed by atoms with E-state index in [0.717, 1.165) is 9.75 Å². The van der Waals surface area contributed by atoms with E-state index in [4.69, 9.17) is 14.2 Å². The number of thiophene rings is 1. The van der Waals surface area contributed by atoms with Crippen LogP contribution in [0.2, 0.25) is 0 Å². The number of methoxy groups -OCH3 is 3. The number of hydrogen-bond acceptors (Lipinski definition) is 6. The molecule has 6 nitrogen and oxygen atoms in total. The van der Waals surface area contributed by atoms with Crippen molar-refractivity contribution in [3.8, 4) is 11.5 Å². The Kier molecular flexibility index (Phi) is 5.46. The molecule has 0 aliphatic rings. The van der Waals surface area contributed by atoms with Crippen LogP contribution in [0.25, 0.3) is 0 Å². The van der Waals surface area contributed by atoms with Gasteiger partial charge in [-0.25, -0.2) is 4.79 Å². The zero-order valence-corrected chi connectivity index (χ0v) is 15.0. The molecule has 0 spiro atoms. The van der Waals surface area contributed by atoms with Crippen molar-refractivity contribution in [2.45, 2.75) is 13.8 Å². The number of esters is 1. The van der Waals surface area contributed by atoms with Gasteiger partial charge in [0.25, 0.3) is 5.91 Å². The topological polar surface area (TPSA) is 73.9 Å². The number of carbonyl (C=O) groups is 2. The Morgan fingerprint density at radius 1 is 0.958 bits per heavy atom. The third-order valence-electron chi connectivity index (χ3n) is 3.46. The summed E-state index contributed by atoms with van der Waals surface area (Å²) < 4.78 is 15.2. The summed E-state index contributed by atoms with van der Waals surface area (Å²) in [7, 11) is 4.22. The average Bonchev–Trinajstić information content (AvgIpc) is 2.92. The van der Waals surface area contributed by atoms with E-state index >= 15 is 0 Å². The fourth-order valence-electron chi connectivity index (χ4n) is 2.31. The number of benzene rings is 1. The number of hydrogen-bond donors (Lipinski definition) is 1. The summed E-state index contributed by atoms with van der Waals surface area (Å²) in [5, 5.41) is 2.75. The van der Waals surface area contributed by atoms with E-state index in [2.05, 4.69) is 5.32 Å². The maximum atomic E-state index is 12.5. The molecule has 1 amide bonds. The smallest absolute Gasteiger partial charge is 0.340 e. The first-order valence-corrected chi connectivity index (χ1v) is 7.95. The minimum absolute atomic E-state index is 0.188. The van der Waals surface area contributed by atoms with E-state index in [-0.39, 0.29) is 11.5 Å². The van der Waals surface area contributed by atoms with Crippen LogP contribution in [-0.4, -0.2) is 33.2 Å². The zero-order valence-electron chi connectivity index (χ0n) is 14.2. The molecule has 1 aromatic carbocycles. The Morgan fingerprint density at radius 3 is 2.08 bits per heavy atom. The highest BCUT2D eigenvalue weighted by atomic mass is 32.1. The van der Waals surface area contributed by atoms with E-state index in [1.807, 2.05) is 19.9 Å². The molecule has 0 bridgehead atoms. The van der Waals surface area contributed by atoms with Crippen LogP contribution in [0.15, 0.2) is 18.2 Å². The summed E-state index contributed by atoms with van der Waals surface area (Å²) in [4.78, 5) is 26.5. The van der Waals surface area contributed by atoms with E-state index < -0.39 is 5.97 Å². The first-order valence-electron chi connectivity index (χ1n) is 7.14. The summed E-state index contributed by atoms with van der Waals surface area (Å²) in [5.74, 6) is -0.101. The average molecular weight is 349 g/mol. The number of aryl methyl sites for hydroxylation is 2. The Morgan fingerprint density at radius 2 is 1.58 bits per heavy atom. The van der Waals surface area contributed by atoms with Crippen LogP contribution >= 0.6 is 11.3 Å². The van der Waals surface area contributed by atoms with Gasteiger partial charge in [-0.2, -0.15) is 0 Å². The van der Waals surface area contributed by atoms with E-state index in [1.54, 1.807) is 0 Å². The van der Waals surface area contributed by atoms with Crippen molar-refractivity contribution < 1.29 is 23.8 Å². The largest absolute Gasteiger partial charge is 0.493 e. The van der Waals surface area contributed by atoms with Crippen LogP contribution in [0, 0.1) is 13.8 Å². The molecule has 1 N–H and O–H groups in total. The predicted molar refractivity (Wildman–Crippen MR) is 92.6 cm³/mol. The van der Waals surface area contributed by atoms with Gasteiger partial charge in [-0.15, -0.1) is 11.3 Å². The highest BCUT2D eigenvalue weighted by molar-refractivity contribution is 7.12. The second-order valence-corrected chi connectivity index (χ2v) is 6.49. The SMILES string of the molecule is COC(=O)c1cc(OC)c(OC)cc1NC(=O)c1cc(C)sc1C. The lowest BCUT2D eigenvalue weighted by Crippen LogP contribution is -2.16. The van der Waals surface area contributed by atoms with Crippen LogP contribution in [0.3, 0.4) is 0 Å². The maximum absolute atomic E-state index is 12.5. The summed E-state index contributed by atoms with van der Waals surface area (Å²) in [6.45, 7) is 3.81. The quantitative estimate of drug-likeness (QED) is 0.837. The molecular formula is C17H19NO5S. The highest BCUT2D eigenvalue weighted by Gasteiger charge is 2.20. The van der Waals surface area contributed by atoms with Crippen LogP contribution in [0.1, 0.15) is 30.5 Å². The highest BCUT2D eigenvalue weighted by Crippen LogP contribution is 2.34. The monoisotopic (exact) mass is 349 g/mol. The van der Waals surface area contributed by atoms with Crippen molar-refractivity contribution in [2.75, 3.05) is 26.6 Å². The molecule has 7 heteroatoms. The van der Waals surface area contributed by atoms with Gasteiger partial charge in [-0.1, -0.05) is 0 Å². The van der Waals surface area contributed by atoms with Crippen LogP contribution in [0.5, 0.6) is 11.5 Å².